The second kappa shape index (κ2) is 7.90. The maximum atomic E-state index is 13.6. The summed E-state index contributed by atoms with van der Waals surface area (Å²) in [5.41, 5.74) is 0.787. The molecule has 0 atom stereocenters. The molecule has 2 N–H and O–H groups in total. The lowest BCUT2D eigenvalue weighted by atomic mass is 10.0. The average molecular weight is 412 g/mol. The van der Waals surface area contributed by atoms with Crippen molar-refractivity contribution in [3.05, 3.63) is 77.8 Å². The first-order chi connectivity index (χ1) is 14.4. The van der Waals surface area contributed by atoms with Gasteiger partial charge in [-0.15, -0.1) is 0 Å². The van der Waals surface area contributed by atoms with E-state index in [9.17, 15) is 22.8 Å². The highest BCUT2D eigenvalue weighted by atomic mass is 19.2. The summed E-state index contributed by atoms with van der Waals surface area (Å²) < 4.78 is 45.3. The summed E-state index contributed by atoms with van der Waals surface area (Å²) in [6.45, 7) is -0.464. The number of furan rings is 1. The Bertz CT molecular complexity index is 1280. The zero-order chi connectivity index (χ0) is 21.3. The second-order valence-corrected chi connectivity index (χ2v) is 6.65. The summed E-state index contributed by atoms with van der Waals surface area (Å²) in [6, 6.07) is 13.0. The zero-order valence-electron chi connectivity index (χ0n) is 15.5. The van der Waals surface area contributed by atoms with Gasteiger partial charge in [-0.05, 0) is 29.0 Å². The van der Waals surface area contributed by atoms with E-state index < -0.39 is 41.5 Å². The summed E-state index contributed by atoms with van der Waals surface area (Å²) >= 11 is 0. The van der Waals surface area contributed by atoms with Crippen molar-refractivity contribution in [2.24, 2.45) is 0 Å². The number of nitrogens with one attached hydrogen (secondary N) is 2. The fraction of sp³-hybridized carbons (Fsp3) is 0.0909. The Balaban J connectivity index is 1.43. The van der Waals surface area contributed by atoms with Gasteiger partial charge in [0.2, 0.25) is 11.8 Å². The van der Waals surface area contributed by atoms with Crippen LogP contribution in [0.4, 0.5) is 18.9 Å². The monoisotopic (exact) mass is 412 g/mol. The topological polar surface area (TPSA) is 71.3 Å². The van der Waals surface area contributed by atoms with E-state index in [1.807, 2.05) is 36.4 Å². The fourth-order valence-electron chi connectivity index (χ4n) is 3.24. The summed E-state index contributed by atoms with van der Waals surface area (Å²) in [7, 11) is 0. The standard InChI is InChI=1S/C22H15F3N2O3/c23-15-6-7-16(22(25)21(15)24)27-19(29)10-26-18(28)9-13-11-30-17-8-5-12-3-1-2-4-14(12)20(13)17/h1-8,11H,9-10H2,(H,26,28)(H,27,29). The Hall–Kier alpha value is -3.81. The van der Waals surface area contributed by atoms with E-state index in [0.29, 0.717) is 17.2 Å². The van der Waals surface area contributed by atoms with Gasteiger partial charge in [0.1, 0.15) is 5.58 Å². The minimum absolute atomic E-state index is 0.0339. The Morgan fingerprint density at radius 2 is 1.70 bits per heavy atom. The van der Waals surface area contributed by atoms with Crippen LogP contribution in [0.15, 0.2) is 59.2 Å². The molecule has 0 unspecified atom stereocenters. The third kappa shape index (κ3) is 3.71. The summed E-state index contributed by atoms with van der Waals surface area (Å²) in [4.78, 5) is 24.2. The van der Waals surface area contributed by atoms with Gasteiger partial charge in [-0.1, -0.05) is 30.3 Å². The molecular formula is C22H15F3N2O3. The third-order valence-corrected chi connectivity index (χ3v) is 4.65. The van der Waals surface area contributed by atoms with Crippen molar-refractivity contribution in [2.45, 2.75) is 6.42 Å². The van der Waals surface area contributed by atoms with Crippen LogP contribution in [0, 0.1) is 17.5 Å². The van der Waals surface area contributed by atoms with Gasteiger partial charge >= 0.3 is 0 Å². The first-order valence-electron chi connectivity index (χ1n) is 9.02. The molecule has 1 aromatic heterocycles. The van der Waals surface area contributed by atoms with Crippen LogP contribution < -0.4 is 10.6 Å². The van der Waals surface area contributed by atoms with Gasteiger partial charge in [0, 0.05) is 10.9 Å². The number of rotatable bonds is 5. The SMILES string of the molecule is O=C(Cc1coc2ccc3ccccc3c12)NCC(=O)Nc1ccc(F)c(F)c1F. The molecule has 0 saturated carbocycles. The Labute approximate surface area is 168 Å². The van der Waals surface area contributed by atoms with Crippen molar-refractivity contribution in [1.82, 2.24) is 5.32 Å². The molecule has 152 valence electrons. The van der Waals surface area contributed by atoms with E-state index in [4.69, 9.17) is 4.42 Å². The largest absolute Gasteiger partial charge is 0.464 e. The molecule has 30 heavy (non-hydrogen) atoms. The zero-order valence-corrected chi connectivity index (χ0v) is 15.5. The molecule has 2 amide bonds. The Morgan fingerprint density at radius 3 is 2.53 bits per heavy atom. The van der Waals surface area contributed by atoms with Crippen molar-refractivity contribution in [3.8, 4) is 0 Å². The molecule has 0 aliphatic carbocycles. The number of anilines is 1. The van der Waals surface area contributed by atoms with Crippen LogP contribution in [0.25, 0.3) is 21.7 Å². The first-order valence-corrected chi connectivity index (χ1v) is 9.02. The molecule has 1 heterocycles. The van der Waals surface area contributed by atoms with E-state index in [1.54, 1.807) is 0 Å². The smallest absolute Gasteiger partial charge is 0.243 e. The van der Waals surface area contributed by atoms with E-state index in [2.05, 4.69) is 10.6 Å². The van der Waals surface area contributed by atoms with Gasteiger partial charge in [-0.25, -0.2) is 13.2 Å². The Morgan fingerprint density at radius 1 is 0.900 bits per heavy atom. The van der Waals surface area contributed by atoms with Gasteiger partial charge in [0.15, 0.2) is 17.5 Å². The van der Waals surface area contributed by atoms with Crippen LogP contribution in [0.2, 0.25) is 0 Å². The lowest BCUT2D eigenvalue weighted by molar-refractivity contribution is -0.123. The lowest BCUT2D eigenvalue weighted by Crippen LogP contribution is -2.34. The highest BCUT2D eigenvalue weighted by Crippen LogP contribution is 2.30. The van der Waals surface area contributed by atoms with Gasteiger partial charge in [0.25, 0.3) is 0 Å². The van der Waals surface area contributed by atoms with Crippen LogP contribution in [0.1, 0.15) is 5.56 Å². The summed E-state index contributed by atoms with van der Waals surface area (Å²) in [5.74, 6) is -5.79. The number of hydrogen-bond acceptors (Lipinski definition) is 3. The van der Waals surface area contributed by atoms with Gasteiger partial charge in [-0.3, -0.25) is 9.59 Å². The normalized spacial score (nSPS) is 11.0. The number of carbonyl (C=O) groups is 2. The van der Waals surface area contributed by atoms with E-state index in [1.165, 1.54) is 6.26 Å². The minimum Gasteiger partial charge on any atom is -0.464 e. The number of halogens is 3. The molecule has 0 spiro atoms. The molecule has 8 heteroatoms. The van der Waals surface area contributed by atoms with Gasteiger partial charge in [0.05, 0.1) is 24.9 Å². The number of hydrogen-bond donors (Lipinski definition) is 2. The summed E-state index contributed by atoms with van der Waals surface area (Å²) in [5, 5.41) is 7.27. The average Bonchev–Trinajstić information content (AvgIpc) is 3.16. The predicted molar refractivity (Wildman–Crippen MR) is 105 cm³/mol. The number of carbonyl (C=O) groups excluding carboxylic acids is 2. The van der Waals surface area contributed by atoms with Crippen LogP contribution in [-0.4, -0.2) is 18.4 Å². The maximum absolute atomic E-state index is 13.6. The van der Waals surface area contributed by atoms with Crippen molar-refractivity contribution >= 4 is 39.2 Å². The molecule has 4 rings (SSSR count). The molecule has 0 aliphatic heterocycles. The molecule has 0 radical (unpaired) electrons. The second-order valence-electron chi connectivity index (χ2n) is 6.65. The van der Waals surface area contributed by atoms with Crippen molar-refractivity contribution in [1.29, 1.82) is 0 Å². The quantitative estimate of drug-likeness (QED) is 0.480. The fourth-order valence-corrected chi connectivity index (χ4v) is 3.24. The molecule has 5 nitrogen and oxygen atoms in total. The molecule has 0 saturated heterocycles. The van der Waals surface area contributed by atoms with Crippen LogP contribution in [0.5, 0.6) is 0 Å². The van der Waals surface area contributed by atoms with Crippen LogP contribution >= 0.6 is 0 Å². The van der Waals surface area contributed by atoms with E-state index in [0.717, 1.165) is 22.2 Å². The summed E-state index contributed by atoms with van der Waals surface area (Å²) in [6.07, 6.45) is 1.46. The van der Waals surface area contributed by atoms with Gasteiger partial charge in [-0.2, -0.15) is 0 Å². The molecule has 0 bridgehead atoms. The van der Waals surface area contributed by atoms with Crippen molar-refractivity contribution in [3.63, 3.8) is 0 Å². The molecule has 0 fully saturated rings. The van der Waals surface area contributed by atoms with Crippen LogP contribution in [-0.2, 0) is 16.0 Å². The minimum atomic E-state index is -1.68. The van der Waals surface area contributed by atoms with Gasteiger partial charge < -0.3 is 15.1 Å². The van der Waals surface area contributed by atoms with Crippen molar-refractivity contribution in [2.75, 3.05) is 11.9 Å². The van der Waals surface area contributed by atoms with Crippen LogP contribution in [0.3, 0.4) is 0 Å². The molecule has 4 aromatic rings. The molecule has 0 aliphatic rings. The highest BCUT2D eigenvalue weighted by molar-refractivity contribution is 6.08. The van der Waals surface area contributed by atoms with E-state index >= 15 is 0 Å². The molecular weight excluding hydrogens is 397 g/mol. The third-order valence-electron chi connectivity index (χ3n) is 4.65. The number of benzene rings is 3. The Kier molecular flexibility index (Phi) is 5.14. The maximum Gasteiger partial charge on any atom is 0.243 e. The lowest BCUT2D eigenvalue weighted by Gasteiger charge is -2.08. The number of amides is 2. The highest BCUT2D eigenvalue weighted by Gasteiger charge is 2.17. The predicted octanol–water partition coefficient (Wildman–Crippen LogP) is 4.30. The number of fused-ring (bicyclic) bond motifs is 3. The van der Waals surface area contributed by atoms with Crippen molar-refractivity contribution < 1.29 is 27.2 Å². The first kappa shape index (κ1) is 19.5. The molecule has 3 aromatic carbocycles. The van der Waals surface area contributed by atoms with E-state index in [-0.39, 0.29) is 6.42 Å².